The van der Waals surface area contributed by atoms with E-state index in [0.717, 1.165) is 0 Å². The second-order valence-corrected chi connectivity index (χ2v) is 4.22. The lowest BCUT2D eigenvalue weighted by Gasteiger charge is -2.28. The van der Waals surface area contributed by atoms with Crippen LogP contribution in [0.5, 0.6) is 0 Å². The summed E-state index contributed by atoms with van der Waals surface area (Å²) in [6.45, 7) is 0.0529. The van der Waals surface area contributed by atoms with E-state index in [0.29, 0.717) is 0 Å². The highest BCUT2D eigenvalue weighted by Crippen LogP contribution is 2.36. The van der Waals surface area contributed by atoms with Gasteiger partial charge in [0.25, 0.3) is 5.78 Å². The molecule has 0 bridgehead atoms. The Labute approximate surface area is 85.7 Å². The van der Waals surface area contributed by atoms with Crippen LogP contribution in [0.4, 0.5) is 13.2 Å². The third-order valence-corrected chi connectivity index (χ3v) is 2.92. The number of cyclic esters (lactones) is 1. The molecule has 0 N–H and O–H groups in total. The van der Waals surface area contributed by atoms with Gasteiger partial charge in [-0.25, -0.2) is 0 Å². The maximum atomic E-state index is 12.1. The van der Waals surface area contributed by atoms with E-state index in [4.69, 9.17) is 0 Å². The molecular weight excluding hydrogens is 269 g/mol. The van der Waals surface area contributed by atoms with Gasteiger partial charge >= 0.3 is 12.1 Å². The molecular formula is C7H6BrF3O3. The first kappa shape index (κ1) is 11.5. The van der Waals surface area contributed by atoms with Gasteiger partial charge in [-0.3, -0.25) is 9.59 Å². The summed E-state index contributed by atoms with van der Waals surface area (Å²) in [6, 6.07) is 0. The highest BCUT2D eigenvalue weighted by atomic mass is 79.9. The van der Waals surface area contributed by atoms with Gasteiger partial charge in [0.2, 0.25) is 0 Å². The van der Waals surface area contributed by atoms with Gasteiger partial charge in [-0.1, -0.05) is 15.9 Å². The molecule has 0 aromatic heterocycles. The lowest BCUT2D eigenvalue weighted by Crippen LogP contribution is -2.51. The molecule has 0 spiro atoms. The SMILES string of the molecule is O=C1OCCCC1(Br)C(=O)C(F)(F)F. The highest BCUT2D eigenvalue weighted by Gasteiger charge is 2.57. The van der Waals surface area contributed by atoms with E-state index in [1.807, 2.05) is 0 Å². The van der Waals surface area contributed by atoms with Gasteiger partial charge in [-0.15, -0.1) is 0 Å². The molecule has 0 radical (unpaired) electrons. The Morgan fingerprint density at radius 1 is 1.50 bits per heavy atom. The molecule has 1 aliphatic heterocycles. The summed E-state index contributed by atoms with van der Waals surface area (Å²) in [7, 11) is 0. The third-order valence-electron chi connectivity index (χ3n) is 1.84. The number of hydrogen-bond acceptors (Lipinski definition) is 3. The molecule has 0 amide bonds. The molecule has 3 nitrogen and oxygen atoms in total. The van der Waals surface area contributed by atoms with Gasteiger partial charge in [-0.2, -0.15) is 13.2 Å². The van der Waals surface area contributed by atoms with Crippen LogP contribution in [-0.4, -0.2) is 28.9 Å². The number of esters is 1. The molecule has 0 saturated carbocycles. The summed E-state index contributed by atoms with van der Waals surface area (Å²) >= 11 is 2.52. The highest BCUT2D eigenvalue weighted by molar-refractivity contribution is 9.10. The van der Waals surface area contributed by atoms with E-state index in [9.17, 15) is 22.8 Å². The zero-order chi connectivity index (χ0) is 11.0. The minimum absolute atomic E-state index is 0.0529. The van der Waals surface area contributed by atoms with Crippen LogP contribution in [-0.2, 0) is 14.3 Å². The molecule has 1 rings (SSSR count). The molecule has 7 heteroatoms. The molecule has 1 saturated heterocycles. The average Bonchev–Trinajstić information content (AvgIpc) is 2.07. The smallest absolute Gasteiger partial charge is 0.452 e. The predicted molar refractivity (Wildman–Crippen MR) is 42.9 cm³/mol. The lowest BCUT2D eigenvalue weighted by molar-refractivity contribution is -0.180. The lowest BCUT2D eigenvalue weighted by atomic mass is 9.96. The second-order valence-electron chi connectivity index (χ2n) is 2.87. The van der Waals surface area contributed by atoms with Crippen molar-refractivity contribution < 1.29 is 27.5 Å². The third kappa shape index (κ3) is 1.92. The van der Waals surface area contributed by atoms with Crippen molar-refractivity contribution in [1.29, 1.82) is 0 Å². The molecule has 1 heterocycles. The van der Waals surface area contributed by atoms with Crippen LogP contribution in [0.15, 0.2) is 0 Å². The Kier molecular flexibility index (Phi) is 2.89. The normalized spacial score (nSPS) is 28.4. The summed E-state index contributed by atoms with van der Waals surface area (Å²) in [5.41, 5.74) is 0. The number of Topliss-reactive ketones (excluding diaryl/α,β-unsaturated/α-hetero) is 1. The van der Waals surface area contributed by atoms with Gasteiger partial charge in [0.15, 0.2) is 4.32 Å². The van der Waals surface area contributed by atoms with E-state index in [1.165, 1.54) is 0 Å². The zero-order valence-electron chi connectivity index (χ0n) is 6.86. The molecule has 0 aromatic rings. The minimum atomic E-state index is -5.03. The van der Waals surface area contributed by atoms with E-state index < -0.39 is 22.3 Å². The maximum absolute atomic E-state index is 12.1. The standard InChI is InChI=1S/C7H6BrF3O3/c8-6(4(12)7(9,10)11)2-1-3-14-5(6)13/h1-3H2. The molecule has 14 heavy (non-hydrogen) atoms. The van der Waals surface area contributed by atoms with Crippen molar-refractivity contribution in [2.75, 3.05) is 6.61 Å². The van der Waals surface area contributed by atoms with E-state index in [2.05, 4.69) is 20.7 Å². The van der Waals surface area contributed by atoms with Gasteiger partial charge < -0.3 is 4.74 Å². The number of rotatable bonds is 1. The number of ketones is 1. The van der Waals surface area contributed by atoms with Crippen molar-refractivity contribution in [2.45, 2.75) is 23.3 Å². The first-order valence-electron chi connectivity index (χ1n) is 3.76. The number of carbonyl (C=O) groups is 2. The van der Waals surface area contributed by atoms with Crippen LogP contribution in [0.25, 0.3) is 0 Å². The number of hydrogen-bond donors (Lipinski definition) is 0. The maximum Gasteiger partial charge on any atom is 0.452 e. The molecule has 0 aliphatic carbocycles. The fourth-order valence-corrected chi connectivity index (χ4v) is 1.75. The topological polar surface area (TPSA) is 43.4 Å². The molecule has 80 valence electrons. The zero-order valence-corrected chi connectivity index (χ0v) is 8.44. The van der Waals surface area contributed by atoms with Gasteiger partial charge in [0.05, 0.1) is 6.61 Å². The fourth-order valence-electron chi connectivity index (χ4n) is 1.13. The summed E-state index contributed by atoms with van der Waals surface area (Å²) in [5, 5.41) is 0. The van der Waals surface area contributed by atoms with Crippen LogP contribution in [0.1, 0.15) is 12.8 Å². The van der Waals surface area contributed by atoms with Crippen LogP contribution in [0.2, 0.25) is 0 Å². The molecule has 1 atom stereocenters. The van der Waals surface area contributed by atoms with E-state index >= 15 is 0 Å². The summed E-state index contributed by atoms with van der Waals surface area (Å²) in [6.07, 6.45) is -4.98. The van der Waals surface area contributed by atoms with Crippen molar-refractivity contribution in [3.63, 3.8) is 0 Å². The summed E-state index contributed by atoms with van der Waals surface area (Å²) in [4.78, 5) is 21.9. The number of halogens is 4. The van der Waals surface area contributed by atoms with Crippen LogP contribution in [0.3, 0.4) is 0 Å². The van der Waals surface area contributed by atoms with Gasteiger partial charge in [0.1, 0.15) is 0 Å². The van der Waals surface area contributed by atoms with Crippen LogP contribution >= 0.6 is 15.9 Å². The molecule has 1 aliphatic rings. The van der Waals surface area contributed by atoms with Crippen molar-refractivity contribution in [3.8, 4) is 0 Å². The van der Waals surface area contributed by atoms with Crippen molar-refractivity contribution in [1.82, 2.24) is 0 Å². The Morgan fingerprint density at radius 2 is 2.07 bits per heavy atom. The van der Waals surface area contributed by atoms with Crippen LogP contribution in [0, 0.1) is 0 Å². The number of alkyl halides is 4. The second kappa shape index (κ2) is 3.52. The Hall–Kier alpha value is -0.590. The quantitative estimate of drug-likeness (QED) is 0.414. The van der Waals surface area contributed by atoms with Crippen molar-refractivity contribution in [3.05, 3.63) is 0 Å². The largest absolute Gasteiger partial charge is 0.464 e. The fraction of sp³-hybridized carbons (Fsp3) is 0.714. The number of carbonyl (C=O) groups excluding carboxylic acids is 2. The molecule has 1 unspecified atom stereocenters. The number of ether oxygens (including phenoxy) is 1. The van der Waals surface area contributed by atoms with E-state index in [1.54, 1.807) is 0 Å². The average molecular weight is 275 g/mol. The first-order valence-corrected chi connectivity index (χ1v) is 4.55. The molecule has 1 fully saturated rings. The predicted octanol–water partition coefficient (Wildman–Crippen LogP) is 1.59. The Morgan fingerprint density at radius 3 is 2.50 bits per heavy atom. The van der Waals surface area contributed by atoms with Crippen molar-refractivity contribution >= 4 is 27.7 Å². The van der Waals surface area contributed by atoms with E-state index in [-0.39, 0.29) is 19.4 Å². The monoisotopic (exact) mass is 274 g/mol. The Balaban J connectivity index is 2.93. The molecule has 0 aromatic carbocycles. The first-order chi connectivity index (χ1) is 6.28. The van der Waals surface area contributed by atoms with Crippen LogP contribution < -0.4 is 0 Å². The van der Waals surface area contributed by atoms with Gasteiger partial charge in [0, 0.05) is 0 Å². The summed E-state index contributed by atoms with van der Waals surface area (Å²) in [5.74, 6) is -3.26. The Bertz CT molecular complexity index is 276. The van der Waals surface area contributed by atoms with Crippen molar-refractivity contribution in [2.24, 2.45) is 0 Å². The van der Waals surface area contributed by atoms with Gasteiger partial charge in [-0.05, 0) is 12.8 Å². The minimum Gasteiger partial charge on any atom is -0.464 e. The summed E-state index contributed by atoms with van der Waals surface area (Å²) < 4.78 is 38.4.